The summed E-state index contributed by atoms with van der Waals surface area (Å²) in [5.41, 5.74) is 0. The molecule has 0 spiro atoms. The van der Waals surface area contributed by atoms with Crippen molar-refractivity contribution < 1.29 is 9.84 Å². The number of aliphatic hydroxyl groups is 1. The first kappa shape index (κ1) is 7.48. The summed E-state index contributed by atoms with van der Waals surface area (Å²) in [7, 11) is 0. The van der Waals surface area contributed by atoms with Crippen LogP contribution in [-0.2, 0) is 4.74 Å². The second-order valence-corrected chi connectivity index (χ2v) is 1.54. The van der Waals surface area contributed by atoms with Crippen LogP contribution in [0.15, 0.2) is 0 Å². The van der Waals surface area contributed by atoms with E-state index in [4.69, 9.17) is 16.3 Å². The predicted molar refractivity (Wildman–Crippen MR) is 31.1 cm³/mol. The summed E-state index contributed by atoms with van der Waals surface area (Å²) < 4.78 is 4.72. The van der Waals surface area contributed by atoms with Gasteiger partial charge >= 0.3 is 0 Å². The Hall–Kier alpha value is -0.520. The fraction of sp³-hybridized carbons (Fsp3) is 0.667. The topological polar surface area (TPSA) is 29.5 Å². The third-order valence-corrected chi connectivity index (χ3v) is 0.636. The highest BCUT2D eigenvalue weighted by Gasteiger charge is 1.98. The van der Waals surface area contributed by atoms with Crippen molar-refractivity contribution in [1.29, 1.82) is 0 Å². The third kappa shape index (κ3) is 3.66. The molecule has 0 aliphatic rings. The molecule has 0 rings (SSSR count). The molecule has 0 saturated heterocycles. The first-order valence-corrected chi connectivity index (χ1v) is 2.46. The monoisotopic (exact) mass is 114 g/mol. The zero-order valence-electron chi connectivity index (χ0n) is 5.09. The zero-order valence-corrected chi connectivity index (χ0v) is 5.09. The molecule has 2 heteroatoms. The van der Waals surface area contributed by atoms with Crippen molar-refractivity contribution in [2.75, 3.05) is 0 Å². The number of rotatable bonds is 2. The van der Waals surface area contributed by atoms with Gasteiger partial charge in [-0.25, -0.2) is 0 Å². The summed E-state index contributed by atoms with van der Waals surface area (Å²) in [5.74, 6) is 2.31. The third-order valence-electron chi connectivity index (χ3n) is 0.636. The minimum atomic E-state index is -0.763. The molecule has 2 atom stereocenters. The quantitative estimate of drug-likeness (QED) is 0.415. The average Bonchev–Trinajstić information content (AvgIpc) is 1.65. The molecular weight excluding hydrogens is 104 g/mol. The first-order valence-electron chi connectivity index (χ1n) is 2.46. The molecule has 8 heavy (non-hydrogen) atoms. The van der Waals surface area contributed by atoms with E-state index in [0.29, 0.717) is 0 Å². The van der Waals surface area contributed by atoms with Crippen LogP contribution in [-0.4, -0.2) is 17.5 Å². The van der Waals surface area contributed by atoms with E-state index in [-0.39, 0.29) is 6.10 Å². The summed E-state index contributed by atoms with van der Waals surface area (Å²) >= 11 is 0. The summed E-state index contributed by atoms with van der Waals surface area (Å²) in [5, 5.41) is 8.54. The molecular formula is C6H10O2. The van der Waals surface area contributed by atoms with Crippen molar-refractivity contribution in [2.45, 2.75) is 26.2 Å². The van der Waals surface area contributed by atoms with Crippen LogP contribution >= 0.6 is 0 Å². The van der Waals surface area contributed by atoms with Crippen molar-refractivity contribution >= 4 is 0 Å². The van der Waals surface area contributed by atoms with Gasteiger partial charge in [-0.2, -0.15) is 0 Å². The second kappa shape index (κ2) is 3.48. The molecule has 0 aromatic carbocycles. The van der Waals surface area contributed by atoms with Gasteiger partial charge in [-0.1, -0.05) is 5.92 Å². The normalized spacial score (nSPS) is 16.8. The SMILES string of the molecule is C#CC(C)OC(C)O. The lowest BCUT2D eigenvalue weighted by molar-refractivity contribution is -0.101. The summed E-state index contributed by atoms with van der Waals surface area (Å²) in [6.45, 7) is 3.22. The van der Waals surface area contributed by atoms with E-state index < -0.39 is 6.29 Å². The maximum Gasteiger partial charge on any atom is 0.153 e. The van der Waals surface area contributed by atoms with Crippen LogP contribution in [0.1, 0.15) is 13.8 Å². The highest BCUT2D eigenvalue weighted by molar-refractivity contribution is 4.91. The summed E-state index contributed by atoms with van der Waals surface area (Å²) in [6.07, 6.45) is 3.87. The second-order valence-electron chi connectivity index (χ2n) is 1.54. The molecule has 46 valence electrons. The van der Waals surface area contributed by atoms with Gasteiger partial charge in [0, 0.05) is 0 Å². The molecule has 0 bridgehead atoms. The number of ether oxygens (including phenoxy) is 1. The Morgan fingerprint density at radius 2 is 2.12 bits per heavy atom. The van der Waals surface area contributed by atoms with Gasteiger partial charge in [-0.05, 0) is 13.8 Å². The molecule has 0 heterocycles. The van der Waals surface area contributed by atoms with Gasteiger partial charge in [-0.15, -0.1) is 6.42 Å². The smallest absolute Gasteiger partial charge is 0.153 e. The minimum Gasteiger partial charge on any atom is -0.368 e. The number of terminal acetylenes is 1. The molecule has 2 nitrogen and oxygen atoms in total. The molecule has 0 saturated carbocycles. The Kier molecular flexibility index (Phi) is 3.25. The van der Waals surface area contributed by atoms with Gasteiger partial charge in [-0.3, -0.25) is 0 Å². The highest BCUT2D eigenvalue weighted by Crippen LogP contribution is 1.91. The summed E-state index contributed by atoms with van der Waals surface area (Å²) in [4.78, 5) is 0. The van der Waals surface area contributed by atoms with Crippen molar-refractivity contribution in [3.63, 3.8) is 0 Å². The predicted octanol–water partition coefficient (Wildman–Crippen LogP) is 0.363. The Bertz CT molecular complexity index is 91.2. The number of hydrogen-bond donors (Lipinski definition) is 1. The van der Waals surface area contributed by atoms with Crippen molar-refractivity contribution in [1.82, 2.24) is 0 Å². The van der Waals surface area contributed by atoms with Crippen molar-refractivity contribution in [3.8, 4) is 12.3 Å². The molecule has 0 aliphatic heterocycles. The van der Waals surface area contributed by atoms with Crippen LogP contribution < -0.4 is 0 Å². The molecule has 0 amide bonds. The van der Waals surface area contributed by atoms with E-state index in [0.717, 1.165) is 0 Å². The fourth-order valence-corrected chi connectivity index (χ4v) is 0.335. The van der Waals surface area contributed by atoms with Gasteiger partial charge in [0.15, 0.2) is 6.29 Å². The molecule has 0 radical (unpaired) electrons. The maximum atomic E-state index is 8.54. The lowest BCUT2D eigenvalue weighted by atomic mass is 10.4. The fourth-order valence-electron chi connectivity index (χ4n) is 0.335. The average molecular weight is 114 g/mol. The molecule has 2 unspecified atom stereocenters. The van der Waals surface area contributed by atoms with Crippen LogP contribution in [0.4, 0.5) is 0 Å². The summed E-state index contributed by atoms with van der Waals surface area (Å²) in [6, 6.07) is 0. The van der Waals surface area contributed by atoms with Gasteiger partial charge in [0.1, 0.15) is 6.10 Å². The highest BCUT2D eigenvalue weighted by atomic mass is 16.6. The van der Waals surface area contributed by atoms with Crippen LogP contribution in [0, 0.1) is 12.3 Å². The van der Waals surface area contributed by atoms with E-state index in [2.05, 4.69) is 5.92 Å². The molecule has 0 aromatic rings. The lowest BCUT2D eigenvalue weighted by Crippen LogP contribution is -2.13. The maximum absolute atomic E-state index is 8.54. The van der Waals surface area contributed by atoms with Crippen LogP contribution in [0.2, 0.25) is 0 Å². The Morgan fingerprint density at radius 1 is 1.62 bits per heavy atom. The van der Waals surface area contributed by atoms with E-state index in [1.807, 2.05) is 0 Å². The Morgan fingerprint density at radius 3 is 2.25 bits per heavy atom. The van der Waals surface area contributed by atoms with Crippen molar-refractivity contribution in [3.05, 3.63) is 0 Å². The van der Waals surface area contributed by atoms with Crippen LogP contribution in [0.3, 0.4) is 0 Å². The standard InChI is InChI=1S/C6H10O2/c1-4-5(2)8-6(3)7/h1,5-7H,2-3H3. The van der Waals surface area contributed by atoms with E-state index in [1.54, 1.807) is 6.92 Å². The van der Waals surface area contributed by atoms with Gasteiger partial charge in [0.2, 0.25) is 0 Å². The van der Waals surface area contributed by atoms with Gasteiger partial charge in [0.25, 0.3) is 0 Å². The molecule has 0 aromatic heterocycles. The van der Waals surface area contributed by atoms with Gasteiger partial charge in [0.05, 0.1) is 0 Å². The van der Waals surface area contributed by atoms with E-state index in [9.17, 15) is 0 Å². The minimum absolute atomic E-state index is 0.296. The zero-order chi connectivity index (χ0) is 6.57. The van der Waals surface area contributed by atoms with Gasteiger partial charge < -0.3 is 9.84 Å². The van der Waals surface area contributed by atoms with Crippen LogP contribution in [0.5, 0.6) is 0 Å². The number of hydrogen-bond acceptors (Lipinski definition) is 2. The molecule has 0 aliphatic carbocycles. The lowest BCUT2D eigenvalue weighted by Gasteiger charge is -2.07. The molecule has 1 N–H and O–H groups in total. The Labute approximate surface area is 49.5 Å². The van der Waals surface area contributed by atoms with Crippen molar-refractivity contribution in [2.24, 2.45) is 0 Å². The van der Waals surface area contributed by atoms with Crippen LogP contribution in [0.25, 0.3) is 0 Å². The largest absolute Gasteiger partial charge is 0.368 e. The Balaban J connectivity index is 3.28. The molecule has 0 fully saturated rings. The first-order chi connectivity index (χ1) is 3.66. The van der Waals surface area contributed by atoms with E-state index >= 15 is 0 Å². The van der Waals surface area contributed by atoms with E-state index in [1.165, 1.54) is 6.92 Å². The number of aliphatic hydroxyl groups excluding tert-OH is 1.